The molecule has 5 nitrogen and oxygen atoms in total. The van der Waals surface area contributed by atoms with Crippen LogP contribution in [0.3, 0.4) is 0 Å². The number of hydrogen-bond acceptors (Lipinski definition) is 6. The van der Waals surface area contributed by atoms with E-state index in [1.54, 1.807) is 24.1 Å². The van der Waals surface area contributed by atoms with Crippen molar-refractivity contribution in [2.75, 3.05) is 18.5 Å². The second-order valence-corrected chi connectivity index (χ2v) is 6.30. The molecule has 0 spiro atoms. The SMILES string of the molecule is CN(Cc1ccc(F)cc1)C(=O)CSc1nnc(N)s1. The minimum Gasteiger partial charge on any atom is -0.374 e. The molecule has 0 fully saturated rings. The van der Waals surface area contributed by atoms with Crippen molar-refractivity contribution < 1.29 is 9.18 Å². The van der Waals surface area contributed by atoms with Gasteiger partial charge in [-0.25, -0.2) is 4.39 Å². The maximum atomic E-state index is 12.8. The van der Waals surface area contributed by atoms with Crippen LogP contribution < -0.4 is 5.73 Å². The summed E-state index contributed by atoms with van der Waals surface area (Å²) in [6.07, 6.45) is 0. The van der Waals surface area contributed by atoms with Crippen molar-refractivity contribution in [1.82, 2.24) is 15.1 Å². The summed E-state index contributed by atoms with van der Waals surface area (Å²) in [6.45, 7) is 0.442. The van der Waals surface area contributed by atoms with Gasteiger partial charge in [-0.05, 0) is 17.7 Å². The number of halogens is 1. The van der Waals surface area contributed by atoms with Crippen LogP contribution >= 0.6 is 23.1 Å². The molecule has 0 saturated carbocycles. The molecule has 0 atom stereocenters. The summed E-state index contributed by atoms with van der Waals surface area (Å²) in [7, 11) is 1.71. The van der Waals surface area contributed by atoms with Gasteiger partial charge in [0, 0.05) is 13.6 Å². The predicted octanol–water partition coefficient (Wildman–Crippen LogP) is 2.01. The molecular weight excluding hydrogens is 299 g/mol. The molecule has 0 unspecified atom stereocenters. The highest BCUT2D eigenvalue weighted by molar-refractivity contribution is 8.01. The molecule has 2 aromatic rings. The number of hydrogen-bond donors (Lipinski definition) is 1. The number of thioether (sulfide) groups is 1. The first-order chi connectivity index (χ1) is 9.54. The van der Waals surface area contributed by atoms with E-state index in [4.69, 9.17) is 5.73 Å². The molecule has 0 aliphatic rings. The molecule has 106 valence electrons. The van der Waals surface area contributed by atoms with Crippen LogP contribution in [0.15, 0.2) is 28.6 Å². The van der Waals surface area contributed by atoms with Gasteiger partial charge in [-0.2, -0.15) is 0 Å². The molecule has 8 heteroatoms. The van der Waals surface area contributed by atoms with Crippen molar-refractivity contribution in [2.45, 2.75) is 10.9 Å². The van der Waals surface area contributed by atoms with E-state index >= 15 is 0 Å². The van der Waals surface area contributed by atoms with Crippen LogP contribution in [-0.4, -0.2) is 33.8 Å². The van der Waals surface area contributed by atoms with E-state index in [-0.39, 0.29) is 17.5 Å². The number of amides is 1. The van der Waals surface area contributed by atoms with E-state index in [1.165, 1.54) is 35.2 Å². The number of nitrogen functional groups attached to an aromatic ring is 1. The van der Waals surface area contributed by atoms with Crippen molar-refractivity contribution in [3.63, 3.8) is 0 Å². The minimum absolute atomic E-state index is 0.0342. The predicted molar refractivity (Wildman–Crippen MR) is 77.9 cm³/mol. The summed E-state index contributed by atoms with van der Waals surface area (Å²) in [5.41, 5.74) is 6.35. The number of anilines is 1. The lowest BCUT2D eigenvalue weighted by atomic mass is 10.2. The lowest BCUT2D eigenvalue weighted by Gasteiger charge is -2.16. The van der Waals surface area contributed by atoms with Crippen LogP contribution in [0.1, 0.15) is 5.56 Å². The molecule has 1 aromatic carbocycles. The van der Waals surface area contributed by atoms with Crippen LogP contribution in [0.2, 0.25) is 0 Å². The lowest BCUT2D eigenvalue weighted by molar-refractivity contribution is -0.127. The van der Waals surface area contributed by atoms with Gasteiger partial charge < -0.3 is 10.6 Å². The molecule has 1 heterocycles. The number of carbonyl (C=O) groups is 1. The summed E-state index contributed by atoms with van der Waals surface area (Å²) in [4.78, 5) is 13.5. The number of benzene rings is 1. The van der Waals surface area contributed by atoms with Gasteiger partial charge in [0.15, 0.2) is 4.34 Å². The van der Waals surface area contributed by atoms with Crippen molar-refractivity contribution in [3.8, 4) is 0 Å². The van der Waals surface area contributed by atoms with E-state index in [9.17, 15) is 9.18 Å². The second-order valence-electron chi connectivity index (χ2n) is 4.07. The molecule has 0 bridgehead atoms. The number of nitrogens with two attached hydrogens (primary N) is 1. The molecule has 2 rings (SSSR count). The summed E-state index contributed by atoms with van der Waals surface area (Å²) in [6, 6.07) is 6.09. The Morgan fingerprint density at radius 2 is 2.10 bits per heavy atom. The highest BCUT2D eigenvalue weighted by atomic mass is 32.2. The summed E-state index contributed by atoms with van der Waals surface area (Å²) in [5.74, 6) is -0.0491. The largest absolute Gasteiger partial charge is 0.374 e. The molecule has 20 heavy (non-hydrogen) atoms. The van der Waals surface area contributed by atoms with E-state index in [2.05, 4.69) is 10.2 Å². The zero-order valence-corrected chi connectivity index (χ0v) is 12.4. The Kier molecular flexibility index (Phi) is 4.91. The van der Waals surface area contributed by atoms with Gasteiger partial charge in [-0.3, -0.25) is 4.79 Å². The van der Waals surface area contributed by atoms with Crippen molar-refractivity contribution in [3.05, 3.63) is 35.6 Å². The molecule has 0 saturated heterocycles. The third kappa shape index (κ3) is 4.17. The number of nitrogens with zero attached hydrogens (tertiary/aromatic N) is 3. The van der Waals surface area contributed by atoms with Crippen LogP contribution in [0.25, 0.3) is 0 Å². The third-order valence-corrected chi connectivity index (χ3v) is 4.37. The first-order valence-electron chi connectivity index (χ1n) is 5.75. The van der Waals surface area contributed by atoms with Gasteiger partial charge in [0.05, 0.1) is 5.75 Å². The zero-order valence-electron chi connectivity index (χ0n) is 10.7. The lowest BCUT2D eigenvalue weighted by Crippen LogP contribution is -2.27. The topological polar surface area (TPSA) is 72.1 Å². The normalized spacial score (nSPS) is 10.5. The van der Waals surface area contributed by atoms with Crippen LogP contribution in [0.5, 0.6) is 0 Å². The standard InChI is InChI=1S/C12H13FN4OS2/c1-17(6-8-2-4-9(13)5-3-8)10(18)7-19-12-16-15-11(14)20-12/h2-5H,6-7H2,1H3,(H2,14,15). The average Bonchev–Trinajstić information content (AvgIpc) is 2.84. The van der Waals surface area contributed by atoms with Gasteiger partial charge in [0.2, 0.25) is 11.0 Å². The Balaban J connectivity index is 1.84. The quantitative estimate of drug-likeness (QED) is 0.855. The van der Waals surface area contributed by atoms with Crippen LogP contribution in [0.4, 0.5) is 9.52 Å². The van der Waals surface area contributed by atoms with Crippen LogP contribution in [0, 0.1) is 5.82 Å². The molecule has 2 N–H and O–H groups in total. The maximum Gasteiger partial charge on any atom is 0.233 e. The van der Waals surface area contributed by atoms with Gasteiger partial charge in [0.25, 0.3) is 0 Å². The fraction of sp³-hybridized carbons (Fsp3) is 0.250. The van der Waals surface area contributed by atoms with Gasteiger partial charge >= 0.3 is 0 Å². The smallest absolute Gasteiger partial charge is 0.233 e. The fourth-order valence-corrected chi connectivity index (χ4v) is 3.04. The van der Waals surface area contributed by atoms with Crippen molar-refractivity contribution in [1.29, 1.82) is 0 Å². The first kappa shape index (κ1) is 14.7. The summed E-state index contributed by atoms with van der Waals surface area (Å²) < 4.78 is 13.5. The summed E-state index contributed by atoms with van der Waals surface area (Å²) in [5, 5.41) is 7.90. The van der Waals surface area contributed by atoms with Crippen molar-refractivity contribution in [2.24, 2.45) is 0 Å². The Bertz CT molecular complexity index is 587. The highest BCUT2D eigenvalue weighted by Crippen LogP contribution is 2.23. The molecule has 0 aliphatic heterocycles. The Labute approximate surface area is 124 Å². The third-order valence-electron chi connectivity index (χ3n) is 2.50. The Hall–Kier alpha value is -1.67. The Morgan fingerprint density at radius 1 is 1.40 bits per heavy atom. The number of carbonyl (C=O) groups excluding carboxylic acids is 1. The first-order valence-corrected chi connectivity index (χ1v) is 7.55. The zero-order chi connectivity index (χ0) is 14.5. The molecular formula is C12H13FN4OS2. The molecule has 1 amide bonds. The minimum atomic E-state index is -0.285. The number of rotatable bonds is 5. The van der Waals surface area contributed by atoms with E-state index in [0.29, 0.717) is 16.0 Å². The average molecular weight is 312 g/mol. The van der Waals surface area contributed by atoms with E-state index < -0.39 is 0 Å². The maximum absolute atomic E-state index is 12.8. The van der Waals surface area contributed by atoms with E-state index in [0.717, 1.165) is 5.56 Å². The highest BCUT2D eigenvalue weighted by Gasteiger charge is 2.11. The second kappa shape index (κ2) is 6.67. The molecule has 0 aliphatic carbocycles. The fourth-order valence-electron chi connectivity index (χ4n) is 1.46. The monoisotopic (exact) mass is 312 g/mol. The Morgan fingerprint density at radius 3 is 2.70 bits per heavy atom. The molecule has 0 radical (unpaired) electrons. The van der Waals surface area contributed by atoms with Gasteiger partial charge in [-0.1, -0.05) is 35.2 Å². The van der Waals surface area contributed by atoms with Gasteiger partial charge in [-0.15, -0.1) is 10.2 Å². The van der Waals surface area contributed by atoms with Gasteiger partial charge in [0.1, 0.15) is 5.82 Å². The summed E-state index contributed by atoms with van der Waals surface area (Å²) >= 11 is 2.56. The van der Waals surface area contributed by atoms with Crippen molar-refractivity contribution >= 4 is 34.1 Å². The number of aromatic nitrogens is 2. The van der Waals surface area contributed by atoms with E-state index in [1.807, 2.05) is 0 Å². The van der Waals surface area contributed by atoms with Crippen LogP contribution in [-0.2, 0) is 11.3 Å². The molecule has 1 aromatic heterocycles.